The van der Waals surface area contributed by atoms with E-state index >= 15 is 0 Å². The van der Waals surface area contributed by atoms with E-state index < -0.39 is 6.04 Å². The SMILES string of the molecule is Nc1ccc(CNC(=O)[C@@H](N)Cc2cccc(Cl)c2)cn1. The third-order valence-corrected chi connectivity index (χ3v) is 3.23. The van der Waals surface area contributed by atoms with Gasteiger partial charge in [-0.05, 0) is 35.7 Å². The van der Waals surface area contributed by atoms with Gasteiger partial charge in [0, 0.05) is 17.8 Å². The molecule has 21 heavy (non-hydrogen) atoms. The number of halogens is 1. The number of nitrogen functional groups attached to an aromatic ring is 1. The molecule has 0 radical (unpaired) electrons. The smallest absolute Gasteiger partial charge is 0.237 e. The number of amides is 1. The zero-order valence-corrected chi connectivity index (χ0v) is 12.2. The minimum atomic E-state index is -0.620. The zero-order valence-electron chi connectivity index (χ0n) is 11.4. The van der Waals surface area contributed by atoms with E-state index in [-0.39, 0.29) is 5.91 Å². The van der Waals surface area contributed by atoms with E-state index in [1.165, 1.54) is 0 Å². The number of hydrogen-bond acceptors (Lipinski definition) is 4. The van der Waals surface area contributed by atoms with Gasteiger partial charge >= 0.3 is 0 Å². The number of pyridine rings is 1. The Balaban J connectivity index is 1.86. The first-order valence-corrected chi connectivity index (χ1v) is 6.90. The van der Waals surface area contributed by atoms with Crippen molar-refractivity contribution < 1.29 is 4.79 Å². The van der Waals surface area contributed by atoms with Gasteiger partial charge in [-0.2, -0.15) is 0 Å². The fraction of sp³-hybridized carbons (Fsp3) is 0.200. The maximum Gasteiger partial charge on any atom is 0.237 e. The van der Waals surface area contributed by atoms with Crippen LogP contribution in [0.2, 0.25) is 5.02 Å². The van der Waals surface area contributed by atoms with Crippen molar-refractivity contribution in [3.63, 3.8) is 0 Å². The van der Waals surface area contributed by atoms with Crippen molar-refractivity contribution in [2.24, 2.45) is 5.73 Å². The predicted molar refractivity (Wildman–Crippen MR) is 83.6 cm³/mol. The van der Waals surface area contributed by atoms with Crippen molar-refractivity contribution in [2.45, 2.75) is 19.0 Å². The summed E-state index contributed by atoms with van der Waals surface area (Å²) in [4.78, 5) is 15.9. The molecule has 2 aromatic rings. The fourth-order valence-electron chi connectivity index (χ4n) is 1.87. The van der Waals surface area contributed by atoms with E-state index in [1.54, 1.807) is 24.4 Å². The van der Waals surface area contributed by atoms with Crippen molar-refractivity contribution in [2.75, 3.05) is 5.73 Å². The highest BCUT2D eigenvalue weighted by Gasteiger charge is 2.13. The predicted octanol–water partition coefficient (Wildman–Crippen LogP) is 1.50. The molecule has 1 heterocycles. The maximum atomic E-state index is 12.0. The zero-order chi connectivity index (χ0) is 15.2. The number of aromatic nitrogens is 1. The molecule has 5 nitrogen and oxygen atoms in total. The monoisotopic (exact) mass is 304 g/mol. The van der Waals surface area contributed by atoms with Crippen LogP contribution >= 0.6 is 11.6 Å². The molecule has 0 saturated carbocycles. The maximum absolute atomic E-state index is 12.0. The largest absolute Gasteiger partial charge is 0.384 e. The lowest BCUT2D eigenvalue weighted by molar-refractivity contribution is -0.122. The molecule has 1 atom stereocenters. The first-order valence-electron chi connectivity index (χ1n) is 6.53. The van der Waals surface area contributed by atoms with Crippen molar-refractivity contribution >= 4 is 23.3 Å². The summed E-state index contributed by atoms with van der Waals surface area (Å²) in [7, 11) is 0. The summed E-state index contributed by atoms with van der Waals surface area (Å²) < 4.78 is 0. The average molecular weight is 305 g/mol. The fourth-order valence-corrected chi connectivity index (χ4v) is 2.08. The molecule has 0 fully saturated rings. The Morgan fingerprint density at radius 3 is 2.76 bits per heavy atom. The van der Waals surface area contributed by atoms with Gasteiger partial charge in [-0.15, -0.1) is 0 Å². The molecule has 2 rings (SSSR count). The normalized spacial score (nSPS) is 11.9. The Labute approximate surface area is 128 Å². The van der Waals surface area contributed by atoms with Crippen LogP contribution in [-0.4, -0.2) is 16.9 Å². The van der Waals surface area contributed by atoms with Crippen molar-refractivity contribution in [1.29, 1.82) is 0 Å². The summed E-state index contributed by atoms with van der Waals surface area (Å²) in [6.45, 7) is 0.370. The van der Waals surface area contributed by atoms with E-state index in [4.69, 9.17) is 23.1 Å². The highest BCUT2D eigenvalue weighted by Crippen LogP contribution is 2.12. The van der Waals surface area contributed by atoms with Gasteiger partial charge < -0.3 is 16.8 Å². The third kappa shape index (κ3) is 4.73. The van der Waals surface area contributed by atoms with Gasteiger partial charge in [-0.3, -0.25) is 4.79 Å². The van der Waals surface area contributed by atoms with Gasteiger partial charge in [0.15, 0.2) is 0 Å². The Kier molecular flexibility index (Phi) is 5.14. The third-order valence-electron chi connectivity index (χ3n) is 3.00. The van der Waals surface area contributed by atoms with Crippen molar-refractivity contribution in [3.8, 4) is 0 Å². The molecule has 0 saturated heterocycles. The highest BCUT2D eigenvalue weighted by molar-refractivity contribution is 6.30. The van der Waals surface area contributed by atoms with E-state index in [1.807, 2.05) is 18.2 Å². The topological polar surface area (TPSA) is 94.0 Å². The average Bonchev–Trinajstić information content (AvgIpc) is 2.46. The first kappa shape index (κ1) is 15.3. The number of rotatable bonds is 5. The molecule has 6 heteroatoms. The second kappa shape index (κ2) is 7.06. The molecule has 0 unspecified atom stereocenters. The van der Waals surface area contributed by atoms with Gasteiger partial charge in [0.1, 0.15) is 5.82 Å². The Morgan fingerprint density at radius 1 is 1.29 bits per heavy atom. The molecule has 1 aromatic carbocycles. The summed E-state index contributed by atoms with van der Waals surface area (Å²) in [5.74, 6) is 0.231. The van der Waals surface area contributed by atoms with Crippen LogP contribution in [0.4, 0.5) is 5.82 Å². The number of nitrogens with two attached hydrogens (primary N) is 2. The lowest BCUT2D eigenvalue weighted by Crippen LogP contribution is -2.41. The molecule has 110 valence electrons. The van der Waals surface area contributed by atoms with Crippen molar-refractivity contribution in [3.05, 3.63) is 58.7 Å². The van der Waals surface area contributed by atoms with Crippen LogP contribution in [0.1, 0.15) is 11.1 Å². The minimum absolute atomic E-state index is 0.216. The second-order valence-electron chi connectivity index (χ2n) is 4.75. The molecule has 5 N–H and O–H groups in total. The van der Waals surface area contributed by atoms with Crippen LogP contribution in [0.15, 0.2) is 42.6 Å². The molecule has 0 aliphatic rings. The molecular formula is C15H17ClN4O. The molecule has 1 aromatic heterocycles. The molecule has 0 aliphatic carbocycles. The quantitative estimate of drug-likeness (QED) is 0.780. The Hall–Kier alpha value is -2.11. The summed E-state index contributed by atoms with van der Waals surface area (Å²) in [5.41, 5.74) is 13.2. The number of nitrogens with one attached hydrogen (secondary N) is 1. The Bertz CT molecular complexity index is 615. The van der Waals surface area contributed by atoms with Gasteiger partial charge in [-0.1, -0.05) is 29.8 Å². The van der Waals surface area contributed by atoms with Crippen LogP contribution in [0, 0.1) is 0 Å². The van der Waals surface area contributed by atoms with Gasteiger partial charge in [0.25, 0.3) is 0 Å². The summed E-state index contributed by atoms with van der Waals surface area (Å²) in [6.07, 6.45) is 2.06. The van der Waals surface area contributed by atoms with E-state index in [0.717, 1.165) is 11.1 Å². The van der Waals surface area contributed by atoms with Crippen LogP contribution < -0.4 is 16.8 Å². The molecule has 0 spiro atoms. The van der Waals surface area contributed by atoms with Gasteiger partial charge in [-0.25, -0.2) is 4.98 Å². The summed E-state index contributed by atoms with van der Waals surface area (Å²) >= 11 is 5.90. The standard InChI is InChI=1S/C15H17ClN4O/c16-12-3-1-2-10(6-12)7-13(17)15(21)20-9-11-4-5-14(18)19-8-11/h1-6,8,13H,7,9,17H2,(H2,18,19)(H,20,21)/t13-/m0/s1. The Morgan fingerprint density at radius 2 is 2.10 bits per heavy atom. The van der Waals surface area contributed by atoms with Crippen LogP contribution in [-0.2, 0) is 17.8 Å². The van der Waals surface area contributed by atoms with Crippen LogP contribution in [0.3, 0.4) is 0 Å². The minimum Gasteiger partial charge on any atom is -0.384 e. The molecule has 0 bridgehead atoms. The number of hydrogen-bond donors (Lipinski definition) is 3. The molecule has 0 aliphatic heterocycles. The number of nitrogens with zero attached hydrogens (tertiary/aromatic N) is 1. The molecular weight excluding hydrogens is 288 g/mol. The second-order valence-corrected chi connectivity index (χ2v) is 5.19. The van der Waals surface area contributed by atoms with E-state index in [2.05, 4.69) is 10.3 Å². The number of benzene rings is 1. The highest BCUT2D eigenvalue weighted by atomic mass is 35.5. The number of carbonyl (C=O) groups is 1. The first-order chi connectivity index (χ1) is 10.0. The van der Waals surface area contributed by atoms with Gasteiger partial charge in [0.2, 0.25) is 5.91 Å². The summed E-state index contributed by atoms with van der Waals surface area (Å²) in [6, 6.07) is 10.2. The number of anilines is 1. The number of carbonyl (C=O) groups excluding carboxylic acids is 1. The van der Waals surface area contributed by atoms with E-state index in [0.29, 0.717) is 23.8 Å². The lowest BCUT2D eigenvalue weighted by atomic mass is 10.1. The van der Waals surface area contributed by atoms with Crippen molar-refractivity contribution in [1.82, 2.24) is 10.3 Å². The van der Waals surface area contributed by atoms with Crippen LogP contribution in [0.5, 0.6) is 0 Å². The van der Waals surface area contributed by atoms with Crippen LogP contribution in [0.25, 0.3) is 0 Å². The summed E-state index contributed by atoms with van der Waals surface area (Å²) in [5, 5.41) is 3.41. The lowest BCUT2D eigenvalue weighted by Gasteiger charge is -2.12. The van der Waals surface area contributed by atoms with Gasteiger partial charge in [0.05, 0.1) is 6.04 Å². The van der Waals surface area contributed by atoms with E-state index in [9.17, 15) is 4.79 Å². The molecule has 1 amide bonds.